The number of aliphatic hydroxyl groups excluding tert-OH is 1. The van der Waals surface area contributed by atoms with Gasteiger partial charge in [0.2, 0.25) is 0 Å². The van der Waals surface area contributed by atoms with E-state index >= 15 is 0 Å². The highest BCUT2D eigenvalue weighted by atomic mass is 16.3. The fourth-order valence-electron chi connectivity index (χ4n) is 1.39. The lowest BCUT2D eigenvalue weighted by atomic mass is 10.1. The molecule has 0 bridgehead atoms. The molecular weight excluding hydrogens is 162 g/mol. The van der Waals surface area contributed by atoms with Crippen molar-refractivity contribution in [3.63, 3.8) is 0 Å². The van der Waals surface area contributed by atoms with Gasteiger partial charge in [0.1, 0.15) is 0 Å². The molecule has 2 heteroatoms. The molecule has 0 aliphatic heterocycles. The molecule has 0 aliphatic rings. The average molecular weight is 188 g/mol. The summed E-state index contributed by atoms with van der Waals surface area (Å²) in [5.74, 6) is 0. The van der Waals surface area contributed by atoms with E-state index in [0.717, 1.165) is 11.0 Å². The minimum atomic E-state index is 0.259. The fourth-order valence-corrected chi connectivity index (χ4v) is 1.39. The minimum absolute atomic E-state index is 0.259. The van der Waals surface area contributed by atoms with Crippen LogP contribution in [0.3, 0.4) is 0 Å². The highest BCUT2D eigenvalue weighted by Crippen LogP contribution is 2.07. The maximum absolute atomic E-state index is 9.01. The van der Waals surface area contributed by atoms with E-state index in [-0.39, 0.29) is 6.73 Å². The fraction of sp³-hybridized carbons (Fsp3) is 1.00. The Bertz CT molecular complexity index is 113. The maximum Gasteiger partial charge on any atom is 0.179 e. The lowest BCUT2D eigenvalue weighted by Crippen LogP contribution is -2.41. The molecule has 0 spiro atoms. The van der Waals surface area contributed by atoms with Crippen LogP contribution in [-0.4, -0.2) is 37.0 Å². The smallest absolute Gasteiger partial charge is 0.179 e. The molecule has 1 N–H and O–H groups in total. The zero-order valence-corrected chi connectivity index (χ0v) is 9.55. The van der Waals surface area contributed by atoms with Crippen LogP contribution in [0.4, 0.5) is 0 Å². The maximum atomic E-state index is 9.01. The Labute approximate surface area is 83.2 Å². The minimum Gasteiger partial charge on any atom is -0.347 e. The molecule has 0 aromatic carbocycles. The lowest BCUT2D eigenvalue weighted by molar-refractivity contribution is -0.909. The van der Waals surface area contributed by atoms with Gasteiger partial charge in [-0.2, -0.15) is 0 Å². The first kappa shape index (κ1) is 12.9. The number of unbranched alkanes of at least 4 members (excludes halogenated alkanes) is 5. The number of quaternary nitrogens is 1. The van der Waals surface area contributed by atoms with E-state index in [2.05, 4.69) is 21.0 Å². The van der Waals surface area contributed by atoms with Crippen molar-refractivity contribution in [2.45, 2.75) is 45.4 Å². The molecule has 0 radical (unpaired) electrons. The highest BCUT2D eigenvalue weighted by molar-refractivity contribution is 4.43. The zero-order chi connectivity index (χ0) is 10.2. The molecule has 0 heterocycles. The number of hydrogen-bond donors (Lipinski definition) is 1. The molecule has 0 atom stereocenters. The van der Waals surface area contributed by atoms with Crippen molar-refractivity contribution in [1.82, 2.24) is 0 Å². The summed E-state index contributed by atoms with van der Waals surface area (Å²) in [6.07, 6.45) is 8.00. The largest absolute Gasteiger partial charge is 0.347 e. The topological polar surface area (TPSA) is 20.2 Å². The van der Waals surface area contributed by atoms with Crippen molar-refractivity contribution >= 4 is 0 Å². The van der Waals surface area contributed by atoms with Gasteiger partial charge in [-0.1, -0.05) is 32.6 Å². The number of aliphatic hydroxyl groups is 1. The molecule has 0 amide bonds. The molecule has 0 aliphatic carbocycles. The van der Waals surface area contributed by atoms with Crippen molar-refractivity contribution in [1.29, 1.82) is 0 Å². The molecule has 0 aromatic rings. The second kappa shape index (κ2) is 7.34. The summed E-state index contributed by atoms with van der Waals surface area (Å²) in [4.78, 5) is 0. The predicted molar refractivity (Wildman–Crippen MR) is 57.4 cm³/mol. The van der Waals surface area contributed by atoms with Crippen molar-refractivity contribution in [2.75, 3.05) is 27.4 Å². The SMILES string of the molecule is CCCCCCCC[N+](C)(C)CO. The van der Waals surface area contributed by atoms with E-state index in [1.54, 1.807) is 0 Å². The van der Waals surface area contributed by atoms with Crippen molar-refractivity contribution in [3.8, 4) is 0 Å². The summed E-state index contributed by atoms with van der Waals surface area (Å²) in [6, 6.07) is 0. The first-order valence-electron chi connectivity index (χ1n) is 5.55. The van der Waals surface area contributed by atoms with Crippen molar-refractivity contribution < 1.29 is 9.59 Å². The van der Waals surface area contributed by atoms with E-state index in [0.29, 0.717) is 0 Å². The lowest BCUT2D eigenvalue weighted by Gasteiger charge is -2.26. The van der Waals surface area contributed by atoms with Gasteiger partial charge in [0.25, 0.3) is 0 Å². The normalized spacial score (nSPS) is 12.0. The Kier molecular flexibility index (Phi) is 7.29. The first-order chi connectivity index (χ1) is 6.12. The van der Waals surface area contributed by atoms with Gasteiger partial charge < -0.3 is 9.59 Å². The summed E-state index contributed by atoms with van der Waals surface area (Å²) in [5.41, 5.74) is 0. The van der Waals surface area contributed by atoms with Gasteiger partial charge in [0.05, 0.1) is 20.6 Å². The van der Waals surface area contributed by atoms with E-state index in [9.17, 15) is 0 Å². The number of rotatable bonds is 8. The molecule has 2 nitrogen and oxygen atoms in total. The molecule has 0 saturated heterocycles. The molecule has 0 unspecified atom stereocenters. The Morgan fingerprint density at radius 1 is 0.923 bits per heavy atom. The van der Waals surface area contributed by atoms with Gasteiger partial charge in [-0.3, -0.25) is 0 Å². The first-order valence-corrected chi connectivity index (χ1v) is 5.55. The van der Waals surface area contributed by atoms with Crippen LogP contribution in [0.15, 0.2) is 0 Å². The zero-order valence-electron chi connectivity index (χ0n) is 9.55. The van der Waals surface area contributed by atoms with Gasteiger partial charge in [-0.15, -0.1) is 0 Å². The van der Waals surface area contributed by atoms with Crippen LogP contribution in [-0.2, 0) is 0 Å². The summed E-state index contributed by atoms with van der Waals surface area (Å²) >= 11 is 0. The standard InChI is InChI=1S/C11H26NO/c1-4-5-6-7-8-9-10-12(2,3)11-13/h13H,4-11H2,1-3H3/q+1. The van der Waals surface area contributed by atoms with Crippen molar-refractivity contribution in [3.05, 3.63) is 0 Å². The van der Waals surface area contributed by atoms with Crippen molar-refractivity contribution in [2.24, 2.45) is 0 Å². The quantitative estimate of drug-likeness (QED) is 0.352. The van der Waals surface area contributed by atoms with Gasteiger partial charge in [-0.05, 0) is 12.8 Å². The third kappa shape index (κ3) is 8.26. The number of hydrogen-bond acceptors (Lipinski definition) is 1. The summed E-state index contributed by atoms with van der Waals surface area (Å²) < 4.78 is 0.744. The molecule has 0 fully saturated rings. The highest BCUT2D eigenvalue weighted by Gasteiger charge is 2.11. The van der Waals surface area contributed by atoms with Crippen LogP contribution in [0.2, 0.25) is 0 Å². The van der Waals surface area contributed by atoms with E-state index in [1.807, 2.05) is 0 Å². The molecule has 0 rings (SSSR count). The van der Waals surface area contributed by atoms with E-state index in [4.69, 9.17) is 5.11 Å². The summed E-state index contributed by atoms with van der Waals surface area (Å²) in [5, 5.41) is 9.01. The Balaban J connectivity index is 3.16. The van der Waals surface area contributed by atoms with Crippen LogP contribution in [0.5, 0.6) is 0 Å². The molecule has 0 aromatic heterocycles. The molecule has 0 saturated carbocycles. The summed E-state index contributed by atoms with van der Waals surface area (Å²) in [7, 11) is 4.15. The Hall–Kier alpha value is -0.0800. The monoisotopic (exact) mass is 188 g/mol. The third-order valence-corrected chi connectivity index (χ3v) is 2.50. The van der Waals surface area contributed by atoms with Crippen LogP contribution < -0.4 is 0 Å². The van der Waals surface area contributed by atoms with Crippen LogP contribution in [0.1, 0.15) is 45.4 Å². The second-order valence-corrected chi connectivity index (χ2v) is 4.57. The molecule has 13 heavy (non-hydrogen) atoms. The second-order valence-electron chi connectivity index (χ2n) is 4.57. The van der Waals surface area contributed by atoms with Crippen LogP contribution >= 0.6 is 0 Å². The summed E-state index contributed by atoms with van der Waals surface area (Å²) in [6.45, 7) is 3.60. The van der Waals surface area contributed by atoms with Gasteiger partial charge in [-0.25, -0.2) is 0 Å². The average Bonchev–Trinajstić information content (AvgIpc) is 2.11. The van der Waals surface area contributed by atoms with E-state index < -0.39 is 0 Å². The van der Waals surface area contributed by atoms with Gasteiger partial charge in [0, 0.05) is 0 Å². The Morgan fingerprint density at radius 2 is 1.46 bits per heavy atom. The predicted octanol–water partition coefficient (Wildman–Crippen LogP) is 2.37. The van der Waals surface area contributed by atoms with Crippen LogP contribution in [0, 0.1) is 0 Å². The molecule has 80 valence electrons. The van der Waals surface area contributed by atoms with Crippen LogP contribution in [0.25, 0.3) is 0 Å². The Morgan fingerprint density at radius 3 is 2.00 bits per heavy atom. The molecular formula is C11H26NO+. The third-order valence-electron chi connectivity index (χ3n) is 2.50. The van der Waals surface area contributed by atoms with Gasteiger partial charge >= 0.3 is 0 Å². The van der Waals surface area contributed by atoms with Gasteiger partial charge in [0.15, 0.2) is 6.73 Å². The number of nitrogens with zero attached hydrogens (tertiary/aromatic N) is 1. The van der Waals surface area contributed by atoms with E-state index in [1.165, 1.54) is 38.5 Å².